The molecule has 0 bridgehead atoms. The molecule has 0 unspecified atom stereocenters. The Hall–Kier alpha value is -2.23. The molecule has 0 saturated heterocycles. The fourth-order valence-electron chi connectivity index (χ4n) is 1.78. The Morgan fingerprint density at radius 2 is 2.00 bits per heavy atom. The van der Waals surface area contributed by atoms with Crippen molar-refractivity contribution in [1.29, 1.82) is 0 Å². The van der Waals surface area contributed by atoms with Crippen LogP contribution in [-0.4, -0.2) is 24.2 Å². The lowest BCUT2D eigenvalue weighted by molar-refractivity contribution is 0.414. The van der Waals surface area contributed by atoms with Gasteiger partial charge in [0, 0.05) is 7.05 Å². The van der Waals surface area contributed by atoms with Crippen molar-refractivity contribution in [3.8, 4) is 11.5 Å². The molecule has 0 aliphatic carbocycles. The van der Waals surface area contributed by atoms with Gasteiger partial charge in [-0.15, -0.1) is 0 Å². The van der Waals surface area contributed by atoms with E-state index in [2.05, 4.69) is 9.88 Å². The van der Waals surface area contributed by atoms with Crippen molar-refractivity contribution in [1.82, 2.24) is 4.98 Å². The maximum absolute atomic E-state index is 9.19. The van der Waals surface area contributed by atoms with Gasteiger partial charge in [0.2, 0.25) is 0 Å². The van der Waals surface area contributed by atoms with Crippen LogP contribution < -0.4 is 9.64 Å². The van der Waals surface area contributed by atoms with Crippen molar-refractivity contribution < 1.29 is 9.84 Å². The van der Waals surface area contributed by atoms with E-state index in [9.17, 15) is 5.11 Å². The summed E-state index contributed by atoms with van der Waals surface area (Å²) in [6.45, 7) is 0.653. The first-order valence-corrected chi connectivity index (χ1v) is 5.69. The molecule has 4 nitrogen and oxygen atoms in total. The van der Waals surface area contributed by atoms with Crippen molar-refractivity contribution in [3.05, 3.63) is 48.3 Å². The fraction of sp³-hybridized carbons (Fsp3) is 0.214. The van der Waals surface area contributed by atoms with E-state index < -0.39 is 0 Å². The molecule has 0 aliphatic heterocycles. The van der Waals surface area contributed by atoms with E-state index in [0.29, 0.717) is 6.54 Å². The Kier molecular flexibility index (Phi) is 3.67. The molecule has 2 aromatic rings. The lowest BCUT2D eigenvalue weighted by Crippen LogP contribution is -2.17. The summed E-state index contributed by atoms with van der Waals surface area (Å²) in [4.78, 5) is 6.22. The minimum Gasteiger partial charge on any atom is -0.506 e. The van der Waals surface area contributed by atoms with Crippen LogP contribution in [0.5, 0.6) is 11.5 Å². The molecule has 1 heterocycles. The zero-order valence-electron chi connectivity index (χ0n) is 10.5. The lowest BCUT2D eigenvalue weighted by atomic mass is 10.2. The van der Waals surface area contributed by atoms with Gasteiger partial charge in [-0.1, -0.05) is 12.1 Å². The summed E-state index contributed by atoms with van der Waals surface area (Å²) < 4.78 is 5.32. The average molecular weight is 244 g/mol. The van der Waals surface area contributed by atoms with Gasteiger partial charge in [0.15, 0.2) is 0 Å². The highest BCUT2D eigenvalue weighted by Crippen LogP contribution is 2.27. The van der Waals surface area contributed by atoms with Crippen molar-refractivity contribution in [2.75, 3.05) is 19.1 Å². The van der Waals surface area contributed by atoms with Gasteiger partial charge in [-0.2, -0.15) is 0 Å². The summed E-state index contributed by atoms with van der Waals surface area (Å²) in [6.07, 6.45) is 1.45. The van der Waals surface area contributed by atoms with E-state index in [0.717, 1.165) is 17.1 Å². The molecule has 1 aromatic heterocycles. The van der Waals surface area contributed by atoms with Crippen molar-refractivity contribution in [2.24, 2.45) is 0 Å². The molecule has 0 fully saturated rings. The molecule has 18 heavy (non-hydrogen) atoms. The quantitative estimate of drug-likeness (QED) is 0.897. The number of methoxy groups -OCH3 is 1. The van der Waals surface area contributed by atoms with Crippen LogP contribution in [0.15, 0.2) is 42.6 Å². The number of hydrogen-bond acceptors (Lipinski definition) is 4. The van der Waals surface area contributed by atoms with E-state index in [-0.39, 0.29) is 5.75 Å². The SMILES string of the molecule is COc1ccccc1N(C)Cc1ccc(O)cn1. The van der Waals surface area contributed by atoms with Gasteiger partial charge < -0.3 is 14.7 Å². The van der Waals surface area contributed by atoms with E-state index in [1.807, 2.05) is 31.3 Å². The molecule has 0 radical (unpaired) electrons. The number of aromatic hydroxyl groups is 1. The largest absolute Gasteiger partial charge is 0.506 e. The molecule has 1 N–H and O–H groups in total. The van der Waals surface area contributed by atoms with Crippen molar-refractivity contribution >= 4 is 5.69 Å². The van der Waals surface area contributed by atoms with E-state index in [1.165, 1.54) is 6.20 Å². The molecular formula is C14H16N2O2. The molecule has 94 valence electrons. The third-order valence-electron chi connectivity index (χ3n) is 2.70. The Labute approximate surface area is 106 Å². The summed E-state index contributed by atoms with van der Waals surface area (Å²) in [5, 5.41) is 9.19. The maximum Gasteiger partial charge on any atom is 0.142 e. The standard InChI is InChI=1S/C14H16N2O2/c1-16(10-11-7-8-12(17)9-15-11)13-5-3-4-6-14(13)18-2/h3-9,17H,10H2,1-2H3. The second-order valence-corrected chi connectivity index (χ2v) is 4.04. The number of para-hydroxylation sites is 2. The number of aromatic nitrogens is 1. The zero-order valence-corrected chi connectivity index (χ0v) is 10.5. The first kappa shape index (κ1) is 12.2. The molecule has 1 aromatic carbocycles. The summed E-state index contributed by atoms with van der Waals surface area (Å²) in [6, 6.07) is 11.3. The molecule has 2 rings (SSSR count). The monoisotopic (exact) mass is 244 g/mol. The molecule has 0 spiro atoms. The first-order valence-electron chi connectivity index (χ1n) is 5.69. The van der Waals surface area contributed by atoms with E-state index >= 15 is 0 Å². The summed E-state index contributed by atoms with van der Waals surface area (Å²) in [5.74, 6) is 1.01. The molecule has 0 saturated carbocycles. The number of nitrogens with zero attached hydrogens (tertiary/aromatic N) is 2. The van der Waals surface area contributed by atoms with Crippen LogP contribution in [0.4, 0.5) is 5.69 Å². The lowest BCUT2D eigenvalue weighted by Gasteiger charge is -2.21. The number of benzene rings is 1. The zero-order chi connectivity index (χ0) is 13.0. The van der Waals surface area contributed by atoms with Gasteiger partial charge in [0.05, 0.1) is 31.2 Å². The van der Waals surface area contributed by atoms with E-state index in [4.69, 9.17) is 4.74 Å². The second-order valence-electron chi connectivity index (χ2n) is 4.04. The minimum atomic E-state index is 0.179. The third-order valence-corrected chi connectivity index (χ3v) is 2.70. The predicted octanol–water partition coefficient (Wildman–Crippen LogP) is 2.43. The van der Waals surface area contributed by atoms with Gasteiger partial charge in [0.25, 0.3) is 0 Å². The molecule has 0 amide bonds. The minimum absolute atomic E-state index is 0.179. The first-order chi connectivity index (χ1) is 8.70. The Morgan fingerprint density at radius 3 is 2.67 bits per heavy atom. The number of anilines is 1. The van der Waals surface area contributed by atoms with Crippen LogP contribution >= 0.6 is 0 Å². The molecule has 0 atom stereocenters. The smallest absolute Gasteiger partial charge is 0.142 e. The van der Waals surface area contributed by atoms with Crippen molar-refractivity contribution in [3.63, 3.8) is 0 Å². The van der Waals surface area contributed by atoms with Gasteiger partial charge in [-0.3, -0.25) is 4.98 Å². The molecular weight excluding hydrogens is 228 g/mol. The Bertz CT molecular complexity index is 511. The van der Waals surface area contributed by atoms with Crippen LogP contribution in [0.3, 0.4) is 0 Å². The highest BCUT2D eigenvalue weighted by Gasteiger charge is 2.08. The topological polar surface area (TPSA) is 45.6 Å². The average Bonchev–Trinajstić information content (AvgIpc) is 2.41. The summed E-state index contributed by atoms with van der Waals surface area (Å²) in [7, 11) is 3.64. The van der Waals surface area contributed by atoms with Gasteiger partial charge in [0.1, 0.15) is 11.5 Å². The highest BCUT2D eigenvalue weighted by molar-refractivity contribution is 5.57. The van der Waals surface area contributed by atoms with Gasteiger partial charge in [-0.25, -0.2) is 0 Å². The van der Waals surface area contributed by atoms with Crippen LogP contribution in [0.2, 0.25) is 0 Å². The molecule has 4 heteroatoms. The highest BCUT2D eigenvalue weighted by atomic mass is 16.5. The van der Waals surface area contributed by atoms with Crippen LogP contribution in [0, 0.1) is 0 Å². The third kappa shape index (κ3) is 2.71. The van der Waals surface area contributed by atoms with Crippen LogP contribution in [0.25, 0.3) is 0 Å². The Balaban J connectivity index is 2.16. The number of hydrogen-bond donors (Lipinski definition) is 1. The maximum atomic E-state index is 9.19. The van der Waals surface area contributed by atoms with Gasteiger partial charge >= 0.3 is 0 Å². The number of ether oxygens (including phenoxy) is 1. The number of rotatable bonds is 4. The van der Waals surface area contributed by atoms with Crippen LogP contribution in [0.1, 0.15) is 5.69 Å². The predicted molar refractivity (Wildman–Crippen MR) is 71.0 cm³/mol. The summed E-state index contributed by atoms with van der Waals surface area (Å²) in [5.41, 5.74) is 1.90. The normalized spacial score (nSPS) is 10.1. The van der Waals surface area contributed by atoms with Crippen LogP contribution in [-0.2, 0) is 6.54 Å². The van der Waals surface area contributed by atoms with Crippen molar-refractivity contribution in [2.45, 2.75) is 6.54 Å². The molecule has 0 aliphatic rings. The fourth-order valence-corrected chi connectivity index (χ4v) is 1.78. The van der Waals surface area contributed by atoms with Gasteiger partial charge in [-0.05, 0) is 24.3 Å². The Morgan fingerprint density at radius 1 is 1.22 bits per heavy atom. The van der Waals surface area contributed by atoms with E-state index in [1.54, 1.807) is 19.2 Å². The number of pyridine rings is 1. The summed E-state index contributed by atoms with van der Waals surface area (Å²) >= 11 is 0. The second kappa shape index (κ2) is 5.40.